The number of fused-ring (bicyclic) bond motifs is 2. The lowest BCUT2D eigenvalue weighted by Crippen LogP contribution is -2.16. The molecule has 0 aliphatic carbocycles. The molecule has 6 heteroatoms. The number of rotatable bonds is 2. The summed E-state index contributed by atoms with van der Waals surface area (Å²) in [5.41, 5.74) is 4.19. The van der Waals surface area contributed by atoms with Crippen LogP contribution in [-0.4, -0.2) is 21.5 Å². The highest BCUT2D eigenvalue weighted by atomic mass is 79.9. The molecule has 4 nitrogen and oxygen atoms in total. The summed E-state index contributed by atoms with van der Waals surface area (Å²) in [6.07, 6.45) is 4.49. The molecular formula is C21H14BrClN4. The molecule has 0 atom stereocenters. The maximum Gasteiger partial charge on any atom is 0.163 e. The topological polar surface area (TPSA) is 41.9 Å². The minimum absolute atomic E-state index is 0.672. The fraction of sp³-hybridized carbons (Fsp3) is 0.0952. The number of hydrogen-bond donors (Lipinski definition) is 0. The third-order valence-electron chi connectivity index (χ3n) is 4.75. The maximum atomic E-state index is 6.18. The number of pyridine rings is 1. The average molecular weight is 438 g/mol. The van der Waals surface area contributed by atoms with Gasteiger partial charge in [-0.1, -0.05) is 27.5 Å². The van der Waals surface area contributed by atoms with Gasteiger partial charge in [-0.15, -0.1) is 0 Å². The fourth-order valence-corrected chi connectivity index (χ4v) is 4.05. The van der Waals surface area contributed by atoms with Crippen molar-refractivity contribution in [2.45, 2.75) is 6.42 Å². The highest BCUT2D eigenvalue weighted by molar-refractivity contribution is 9.10. The van der Waals surface area contributed by atoms with Crippen LogP contribution in [0.2, 0.25) is 5.02 Å². The molecule has 0 saturated heterocycles. The van der Waals surface area contributed by atoms with E-state index in [2.05, 4.69) is 37.9 Å². The number of benzene rings is 2. The van der Waals surface area contributed by atoms with Crippen LogP contribution in [0.1, 0.15) is 5.56 Å². The molecule has 5 rings (SSSR count). The van der Waals surface area contributed by atoms with E-state index in [1.165, 1.54) is 5.56 Å². The number of halogens is 2. The Morgan fingerprint density at radius 2 is 1.96 bits per heavy atom. The molecule has 0 fully saturated rings. The first-order valence-corrected chi connectivity index (χ1v) is 9.80. The van der Waals surface area contributed by atoms with Crippen LogP contribution in [0, 0.1) is 0 Å². The first-order chi connectivity index (χ1) is 13.2. The normalized spacial score (nSPS) is 13.2. The molecule has 0 saturated carbocycles. The number of aromatic nitrogens is 3. The van der Waals surface area contributed by atoms with Crippen molar-refractivity contribution in [3.8, 4) is 11.4 Å². The van der Waals surface area contributed by atoms with Gasteiger partial charge >= 0.3 is 0 Å². The van der Waals surface area contributed by atoms with E-state index in [1.54, 1.807) is 12.4 Å². The van der Waals surface area contributed by atoms with Crippen molar-refractivity contribution in [2.24, 2.45) is 0 Å². The van der Waals surface area contributed by atoms with Gasteiger partial charge in [-0.25, -0.2) is 9.97 Å². The Bertz CT molecular complexity index is 1160. The average Bonchev–Trinajstić information content (AvgIpc) is 3.10. The highest BCUT2D eigenvalue weighted by Crippen LogP contribution is 2.39. The zero-order valence-electron chi connectivity index (χ0n) is 14.2. The predicted molar refractivity (Wildman–Crippen MR) is 113 cm³/mol. The summed E-state index contributed by atoms with van der Waals surface area (Å²) in [6, 6.07) is 16.0. The minimum atomic E-state index is 0.672. The molecule has 132 valence electrons. The Morgan fingerprint density at radius 3 is 2.81 bits per heavy atom. The molecule has 27 heavy (non-hydrogen) atoms. The van der Waals surface area contributed by atoms with Crippen molar-refractivity contribution < 1.29 is 0 Å². The lowest BCUT2D eigenvalue weighted by Gasteiger charge is -2.21. The fourth-order valence-electron chi connectivity index (χ4n) is 3.51. The third kappa shape index (κ3) is 2.97. The Hall–Kier alpha value is -2.50. The van der Waals surface area contributed by atoms with Crippen LogP contribution in [-0.2, 0) is 6.42 Å². The standard InChI is InChI=1S/C21H14BrClN4/c22-15-3-5-17-18(11-15)25-20(14-2-1-8-24-12-14)26-21(17)27-9-7-13-10-16(23)4-6-19(13)27/h1-6,8,10-12H,7,9H2. The van der Waals surface area contributed by atoms with Gasteiger partial charge in [-0.2, -0.15) is 0 Å². The van der Waals surface area contributed by atoms with Crippen LogP contribution in [0.15, 0.2) is 65.4 Å². The van der Waals surface area contributed by atoms with Gasteiger partial charge in [0.1, 0.15) is 5.82 Å². The second-order valence-corrected chi connectivity index (χ2v) is 7.80. The molecule has 0 N–H and O–H groups in total. The second-order valence-electron chi connectivity index (χ2n) is 6.45. The summed E-state index contributed by atoms with van der Waals surface area (Å²) in [6.45, 7) is 0.865. The molecule has 2 aromatic heterocycles. The third-order valence-corrected chi connectivity index (χ3v) is 5.48. The molecule has 1 aliphatic heterocycles. The molecule has 2 aromatic carbocycles. The van der Waals surface area contributed by atoms with Crippen molar-refractivity contribution in [3.05, 3.63) is 76.0 Å². The molecule has 0 unspecified atom stereocenters. The predicted octanol–water partition coefficient (Wildman–Crippen LogP) is 5.80. The summed E-state index contributed by atoms with van der Waals surface area (Å²) < 4.78 is 0.991. The molecule has 0 bridgehead atoms. The molecular weight excluding hydrogens is 424 g/mol. The first kappa shape index (κ1) is 16.7. The van der Waals surface area contributed by atoms with Crippen LogP contribution in [0.4, 0.5) is 11.5 Å². The van der Waals surface area contributed by atoms with Gasteiger partial charge in [0.15, 0.2) is 5.82 Å². The number of hydrogen-bond acceptors (Lipinski definition) is 4. The smallest absolute Gasteiger partial charge is 0.163 e. The zero-order valence-corrected chi connectivity index (χ0v) is 16.6. The Kier molecular flexibility index (Phi) is 4.06. The van der Waals surface area contributed by atoms with Gasteiger partial charge in [0.2, 0.25) is 0 Å². The van der Waals surface area contributed by atoms with Gasteiger partial charge in [-0.05, 0) is 60.5 Å². The first-order valence-electron chi connectivity index (χ1n) is 8.63. The van der Waals surface area contributed by atoms with Gasteiger partial charge < -0.3 is 4.90 Å². The van der Waals surface area contributed by atoms with E-state index in [0.717, 1.165) is 50.4 Å². The lowest BCUT2D eigenvalue weighted by molar-refractivity contribution is 0.976. The van der Waals surface area contributed by atoms with E-state index in [-0.39, 0.29) is 0 Å². The van der Waals surface area contributed by atoms with Crippen LogP contribution >= 0.6 is 27.5 Å². The largest absolute Gasteiger partial charge is 0.325 e. The summed E-state index contributed by atoms with van der Waals surface area (Å²) in [4.78, 5) is 16.2. The molecule has 1 aliphatic rings. The minimum Gasteiger partial charge on any atom is -0.325 e. The Balaban J connectivity index is 1.75. The molecule has 0 radical (unpaired) electrons. The van der Waals surface area contributed by atoms with Crippen LogP contribution in [0.3, 0.4) is 0 Å². The molecule has 0 spiro atoms. The van der Waals surface area contributed by atoms with Gasteiger partial charge in [0.05, 0.1) is 5.52 Å². The van der Waals surface area contributed by atoms with Gasteiger partial charge in [-0.3, -0.25) is 4.98 Å². The van der Waals surface area contributed by atoms with Crippen molar-refractivity contribution in [2.75, 3.05) is 11.4 Å². The summed E-state index contributed by atoms with van der Waals surface area (Å²) in [5.74, 6) is 1.58. The number of nitrogens with zero attached hydrogens (tertiary/aromatic N) is 4. The second kappa shape index (κ2) is 6.59. The van der Waals surface area contributed by atoms with Crippen molar-refractivity contribution >= 4 is 49.9 Å². The summed E-state index contributed by atoms with van der Waals surface area (Å²) >= 11 is 9.73. The van der Waals surface area contributed by atoms with E-state index in [1.807, 2.05) is 36.4 Å². The van der Waals surface area contributed by atoms with Crippen LogP contribution < -0.4 is 4.90 Å². The quantitative estimate of drug-likeness (QED) is 0.397. The van der Waals surface area contributed by atoms with E-state index >= 15 is 0 Å². The SMILES string of the molecule is Clc1ccc2c(c1)CCN2c1nc(-c2cccnc2)nc2cc(Br)ccc12. The zero-order chi connectivity index (χ0) is 18.4. The van der Waals surface area contributed by atoms with Crippen molar-refractivity contribution in [1.29, 1.82) is 0 Å². The van der Waals surface area contributed by atoms with E-state index < -0.39 is 0 Å². The Labute approximate surface area is 170 Å². The monoisotopic (exact) mass is 436 g/mol. The highest BCUT2D eigenvalue weighted by Gasteiger charge is 2.24. The van der Waals surface area contributed by atoms with Gasteiger partial charge in [0.25, 0.3) is 0 Å². The summed E-state index contributed by atoms with van der Waals surface area (Å²) in [7, 11) is 0. The Morgan fingerprint density at radius 1 is 1.04 bits per heavy atom. The van der Waals surface area contributed by atoms with Gasteiger partial charge in [0, 0.05) is 45.1 Å². The molecule has 4 aromatic rings. The number of anilines is 2. The lowest BCUT2D eigenvalue weighted by atomic mass is 10.1. The van der Waals surface area contributed by atoms with Crippen molar-refractivity contribution in [3.63, 3.8) is 0 Å². The maximum absolute atomic E-state index is 6.18. The van der Waals surface area contributed by atoms with Crippen LogP contribution in [0.25, 0.3) is 22.3 Å². The van der Waals surface area contributed by atoms with E-state index in [0.29, 0.717) is 5.82 Å². The van der Waals surface area contributed by atoms with E-state index in [4.69, 9.17) is 21.6 Å². The van der Waals surface area contributed by atoms with Crippen molar-refractivity contribution in [1.82, 2.24) is 15.0 Å². The van der Waals surface area contributed by atoms with Crippen LogP contribution in [0.5, 0.6) is 0 Å². The molecule has 3 heterocycles. The molecule has 0 amide bonds. The van der Waals surface area contributed by atoms with E-state index in [9.17, 15) is 0 Å². The summed E-state index contributed by atoms with van der Waals surface area (Å²) in [5, 5.41) is 1.79.